The number of aromatic nitrogens is 3. The number of hydrogen-bond acceptors (Lipinski definition) is 4. The van der Waals surface area contributed by atoms with Gasteiger partial charge in [-0.3, -0.25) is 0 Å². The summed E-state index contributed by atoms with van der Waals surface area (Å²) in [5.41, 5.74) is 0.172. The summed E-state index contributed by atoms with van der Waals surface area (Å²) in [5.74, 6) is -1.91. The first-order valence-electron chi connectivity index (χ1n) is 9.29. The molecule has 0 amide bonds. The molecule has 3 rings (SSSR count). The number of aliphatic hydroxyl groups excluding tert-OH is 1. The van der Waals surface area contributed by atoms with Crippen molar-refractivity contribution in [3.63, 3.8) is 0 Å². The molecule has 0 saturated carbocycles. The molecule has 0 aliphatic carbocycles. The maximum absolute atomic E-state index is 14.5. The maximum atomic E-state index is 14.5. The summed E-state index contributed by atoms with van der Waals surface area (Å²) in [5, 5.41) is 24.6. The number of benzene rings is 2. The average molecular weight is 399 g/mol. The Morgan fingerprint density at radius 1 is 1.17 bits per heavy atom. The van der Waals surface area contributed by atoms with Crippen LogP contribution in [0.15, 0.2) is 61.2 Å². The Morgan fingerprint density at radius 2 is 1.93 bits per heavy atom. The van der Waals surface area contributed by atoms with Crippen LogP contribution in [-0.4, -0.2) is 25.0 Å². The van der Waals surface area contributed by atoms with Crippen LogP contribution in [0.4, 0.5) is 8.78 Å². The van der Waals surface area contributed by atoms with E-state index >= 15 is 0 Å². The van der Waals surface area contributed by atoms with Crippen LogP contribution < -0.4 is 0 Å². The number of nitrogens with zero attached hydrogens (tertiary/aromatic N) is 3. The summed E-state index contributed by atoms with van der Waals surface area (Å²) in [6.45, 7) is 1.77. The fourth-order valence-corrected chi connectivity index (χ4v) is 3.25. The van der Waals surface area contributed by atoms with Crippen LogP contribution >= 0.6 is 0 Å². The van der Waals surface area contributed by atoms with Crippen molar-refractivity contribution in [3.05, 3.63) is 89.5 Å². The van der Waals surface area contributed by atoms with Gasteiger partial charge < -0.3 is 10.2 Å². The van der Waals surface area contributed by atoms with Gasteiger partial charge in [-0.1, -0.05) is 49.4 Å². The smallest absolute Gasteiger partial charge is 0.137 e. The highest BCUT2D eigenvalue weighted by atomic mass is 19.1. The van der Waals surface area contributed by atoms with Gasteiger partial charge in [0.25, 0.3) is 0 Å². The molecule has 0 unspecified atom stereocenters. The highest BCUT2D eigenvalue weighted by molar-refractivity contribution is 5.49. The second kappa shape index (κ2) is 9.07. The maximum Gasteiger partial charge on any atom is 0.137 e. The van der Waals surface area contributed by atoms with E-state index in [4.69, 9.17) is 5.11 Å². The Bertz CT molecular complexity index is 959. The van der Waals surface area contributed by atoms with E-state index in [0.29, 0.717) is 6.42 Å². The molecule has 3 aromatic rings. The van der Waals surface area contributed by atoms with Crippen LogP contribution in [0.5, 0.6) is 0 Å². The Labute approximate surface area is 168 Å². The Morgan fingerprint density at radius 3 is 2.55 bits per heavy atom. The average Bonchev–Trinajstić information content (AvgIpc) is 3.21. The van der Waals surface area contributed by atoms with Gasteiger partial charge in [0.1, 0.15) is 29.9 Å². The summed E-state index contributed by atoms with van der Waals surface area (Å²) in [6.07, 6.45) is 7.02. The third-order valence-corrected chi connectivity index (χ3v) is 5.04. The minimum Gasteiger partial charge on any atom is -0.392 e. The van der Waals surface area contributed by atoms with Gasteiger partial charge in [0.05, 0.1) is 13.2 Å². The van der Waals surface area contributed by atoms with Crippen molar-refractivity contribution in [2.75, 3.05) is 0 Å². The first kappa shape index (κ1) is 20.8. The lowest BCUT2D eigenvalue weighted by molar-refractivity contribution is -0.0379. The van der Waals surface area contributed by atoms with E-state index in [1.54, 1.807) is 6.92 Å². The van der Waals surface area contributed by atoms with Crippen molar-refractivity contribution in [3.8, 4) is 0 Å². The Balaban J connectivity index is 1.83. The summed E-state index contributed by atoms with van der Waals surface area (Å²) in [6, 6.07) is 10.6. The minimum absolute atomic E-state index is 0.0143. The van der Waals surface area contributed by atoms with E-state index in [0.717, 1.165) is 23.3 Å². The van der Waals surface area contributed by atoms with Crippen molar-refractivity contribution in [1.82, 2.24) is 14.8 Å². The van der Waals surface area contributed by atoms with E-state index in [1.165, 1.54) is 23.4 Å². The zero-order valence-electron chi connectivity index (χ0n) is 16.0. The highest BCUT2D eigenvalue weighted by Crippen LogP contribution is 2.35. The fraction of sp³-hybridized carbons (Fsp3) is 0.273. The molecule has 5 nitrogen and oxygen atoms in total. The summed E-state index contributed by atoms with van der Waals surface area (Å²) >= 11 is 0. The van der Waals surface area contributed by atoms with Crippen molar-refractivity contribution >= 4 is 6.08 Å². The molecular weight excluding hydrogens is 376 g/mol. The zero-order chi connectivity index (χ0) is 20.9. The summed E-state index contributed by atoms with van der Waals surface area (Å²) < 4.78 is 29.3. The van der Waals surface area contributed by atoms with Crippen molar-refractivity contribution < 1.29 is 19.0 Å². The predicted molar refractivity (Wildman–Crippen MR) is 105 cm³/mol. The molecule has 0 radical (unpaired) electrons. The predicted octanol–water partition coefficient (Wildman–Crippen LogP) is 3.68. The first-order valence-corrected chi connectivity index (χ1v) is 9.29. The van der Waals surface area contributed by atoms with Gasteiger partial charge in [-0.15, -0.1) is 0 Å². The molecule has 29 heavy (non-hydrogen) atoms. The van der Waals surface area contributed by atoms with Gasteiger partial charge in [0.15, 0.2) is 0 Å². The van der Waals surface area contributed by atoms with E-state index in [2.05, 4.69) is 10.1 Å². The van der Waals surface area contributed by atoms with Gasteiger partial charge in [-0.25, -0.2) is 18.4 Å². The largest absolute Gasteiger partial charge is 0.392 e. The number of halogens is 2. The number of aliphatic hydroxyl groups is 2. The molecule has 1 aromatic heterocycles. The second-order valence-corrected chi connectivity index (χ2v) is 7.08. The van der Waals surface area contributed by atoms with Crippen molar-refractivity contribution in [1.29, 1.82) is 0 Å². The molecule has 7 heteroatoms. The Hall–Kier alpha value is -2.90. The van der Waals surface area contributed by atoms with Gasteiger partial charge in [0, 0.05) is 11.6 Å². The normalized spacial score (nSPS) is 14.8. The molecule has 2 atom stereocenters. The minimum atomic E-state index is -1.61. The molecule has 0 saturated heterocycles. The van der Waals surface area contributed by atoms with E-state index in [9.17, 15) is 13.9 Å². The van der Waals surface area contributed by atoms with Crippen LogP contribution in [0, 0.1) is 17.6 Å². The van der Waals surface area contributed by atoms with Gasteiger partial charge >= 0.3 is 0 Å². The number of hydrogen-bond donors (Lipinski definition) is 2. The lowest BCUT2D eigenvalue weighted by Crippen LogP contribution is -2.39. The molecular formula is C22H23F2N3O2. The first-order chi connectivity index (χ1) is 13.9. The Kier molecular flexibility index (Phi) is 6.51. The molecule has 0 spiro atoms. The van der Waals surface area contributed by atoms with E-state index < -0.39 is 23.2 Å². The van der Waals surface area contributed by atoms with E-state index in [-0.39, 0.29) is 18.7 Å². The quantitative estimate of drug-likeness (QED) is 0.606. The molecule has 0 bridgehead atoms. The van der Waals surface area contributed by atoms with Gasteiger partial charge in [0.2, 0.25) is 0 Å². The molecule has 152 valence electrons. The second-order valence-electron chi connectivity index (χ2n) is 7.08. The summed E-state index contributed by atoms with van der Waals surface area (Å²) in [4.78, 5) is 3.87. The van der Waals surface area contributed by atoms with Crippen LogP contribution in [-0.2, 0) is 18.8 Å². The summed E-state index contributed by atoms with van der Waals surface area (Å²) in [7, 11) is 0. The SMILES string of the molecule is C[C@@H](C/C=C/c1ccc(CO)cc1)[C@](O)(Cn1cncn1)c1ccc(F)cc1F. The van der Waals surface area contributed by atoms with Crippen molar-refractivity contribution in [2.45, 2.75) is 32.1 Å². The van der Waals surface area contributed by atoms with Crippen LogP contribution in [0.25, 0.3) is 6.08 Å². The van der Waals surface area contributed by atoms with Crippen LogP contribution in [0.2, 0.25) is 0 Å². The van der Waals surface area contributed by atoms with Crippen LogP contribution in [0.1, 0.15) is 30.0 Å². The molecule has 1 heterocycles. The number of allylic oxidation sites excluding steroid dienone is 1. The van der Waals surface area contributed by atoms with Gasteiger partial charge in [-0.05, 0) is 29.5 Å². The standard InChI is InChI=1S/C22H23F2N3O2/c1-16(3-2-4-17-5-7-18(12-28)8-6-17)22(29,13-27-15-25-14-26-27)20-10-9-19(23)11-21(20)24/h2,4-11,14-16,28-29H,3,12-13H2,1H3/b4-2+/t16-,22+/m0/s1. The zero-order valence-corrected chi connectivity index (χ0v) is 16.0. The molecule has 0 fully saturated rings. The lowest BCUT2D eigenvalue weighted by atomic mass is 9.80. The molecule has 2 aromatic carbocycles. The van der Waals surface area contributed by atoms with Crippen LogP contribution in [0.3, 0.4) is 0 Å². The molecule has 0 aliphatic rings. The van der Waals surface area contributed by atoms with E-state index in [1.807, 2.05) is 36.4 Å². The lowest BCUT2D eigenvalue weighted by Gasteiger charge is -2.34. The van der Waals surface area contributed by atoms with Crippen molar-refractivity contribution in [2.24, 2.45) is 5.92 Å². The van der Waals surface area contributed by atoms with Gasteiger partial charge in [-0.2, -0.15) is 5.10 Å². The third kappa shape index (κ3) is 4.93. The fourth-order valence-electron chi connectivity index (χ4n) is 3.25. The highest BCUT2D eigenvalue weighted by Gasteiger charge is 2.38. The molecule has 0 aliphatic heterocycles. The third-order valence-electron chi connectivity index (χ3n) is 5.04. The topological polar surface area (TPSA) is 71.2 Å². The number of rotatable bonds is 8. The monoisotopic (exact) mass is 399 g/mol. The molecule has 2 N–H and O–H groups in total.